The fraction of sp³-hybridized carbons (Fsp3) is 0.391. The average Bonchev–Trinajstić information content (AvgIpc) is 3.26. The van der Waals surface area contributed by atoms with Crippen LogP contribution in [0.3, 0.4) is 0 Å². The van der Waals surface area contributed by atoms with Crippen LogP contribution in [-0.2, 0) is 0 Å². The molecule has 5 rings (SSSR count). The lowest BCUT2D eigenvalue weighted by Crippen LogP contribution is -2.44. The molecule has 0 amide bonds. The SMILES string of the molecule is Cc1ccc([C@H]2C[C@@H]3CC[C@H]([C@H]2c2nnc(-c4ccccc4)s2)N3C)cc1. The lowest BCUT2D eigenvalue weighted by molar-refractivity contribution is 0.137. The number of hydrogen-bond acceptors (Lipinski definition) is 4. The number of likely N-dealkylation sites (N-methyl/N-ethyl adjacent to an activating group) is 1. The third-order valence-corrected chi connectivity index (χ3v) is 7.59. The molecule has 4 heteroatoms. The molecule has 2 aliphatic heterocycles. The van der Waals surface area contributed by atoms with Gasteiger partial charge >= 0.3 is 0 Å². The van der Waals surface area contributed by atoms with E-state index in [9.17, 15) is 0 Å². The minimum absolute atomic E-state index is 0.436. The van der Waals surface area contributed by atoms with Crippen molar-refractivity contribution in [2.24, 2.45) is 0 Å². The zero-order chi connectivity index (χ0) is 18.4. The predicted octanol–water partition coefficient (Wildman–Crippen LogP) is 5.25. The first kappa shape index (κ1) is 17.1. The Morgan fingerprint density at radius 1 is 0.963 bits per heavy atom. The largest absolute Gasteiger partial charge is 0.300 e. The van der Waals surface area contributed by atoms with E-state index in [-0.39, 0.29) is 0 Å². The van der Waals surface area contributed by atoms with Crippen LogP contribution in [0.1, 0.15) is 47.2 Å². The Morgan fingerprint density at radius 2 is 1.74 bits per heavy atom. The molecule has 2 fully saturated rings. The molecular formula is C23H25N3S. The van der Waals surface area contributed by atoms with Crippen LogP contribution >= 0.6 is 11.3 Å². The zero-order valence-corrected chi connectivity index (χ0v) is 16.7. The van der Waals surface area contributed by atoms with E-state index in [1.807, 2.05) is 6.07 Å². The molecule has 2 saturated heterocycles. The average molecular weight is 376 g/mol. The first-order valence-electron chi connectivity index (χ1n) is 9.88. The Hall–Kier alpha value is -2.04. The van der Waals surface area contributed by atoms with Gasteiger partial charge in [-0.1, -0.05) is 71.5 Å². The summed E-state index contributed by atoms with van der Waals surface area (Å²) in [6.07, 6.45) is 3.81. The first-order valence-corrected chi connectivity index (χ1v) is 10.7. The lowest BCUT2D eigenvalue weighted by Gasteiger charge is -2.42. The molecule has 0 saturated carbocycles. The molecule has 4 atom stereocenters. The van der Waals surface area contributed by atoms with Gasteiger partial charge in [0.15, 0.2) is 0 Å². The van der Waals surface area contributed by atoms with Gasteiger partial charge in [0.25, 0.3) is 0 Å². The van der Waals surface area contributed by atoms with Gasteiger partial charge < -0.3 is 0 Å². The summed E-state index contributed by atoms with van der Waals surface area (Å²) < 4.78 is 0. The number of benzene rings is 2. The summed E-state index contributed by atoms with van der Waals surface area (Å²) in [5, 5.41) is 11.5. The smallest absolute Gasteiger partial charge is 0.147 e. The van der Waals surface area contributed by atoms with E-state index in [2.05, 4.69) is 72.5 Å². The number of aromatic nitrogens is 2. The summed E-state index contributed by atoms with van der Waals surface area (Å²) in [7, 11) is 2.31. The topological polar surface area (TPSA) is 29.0 Å². The minimum Gasteiger partial charge on any atom is -0.300 e. The summed E-state index contributed by atoms with van der Waals surface area (Å²) in [6.45, 7) is 2.16. The Labute approximate surface area is 165 Å². The highest BCUT2D eigenvalue weighted by Crippen LogP contribution is 2.51. The fourth-order valence-electron chi connectivity index (χ4n) is 5.03. The monoisotopic (exact) mass is 375 g/mol. The van der Waals surface area contributed by atoms with Crippen LogP contribution in [0, 0.1) is 6.92 Å². The summed E-state index contributed by atoms with van der Waals surface area (Å²) in [4.78, 5) is 2.61. The van der Waals surface area contributed by atoms with Crippen LogP contribution < -0.4 is 0 Å². The third-order valence-electron chi connectivity index (χ3n) is 6.52. The number of rotatable bonds is 3. The van der Waals surface area contributed by atoms with Gasteiger partial charge in [-0.3, -0.25) is 4.90 Å². The number of hydrogen-bond donors (Lipinski definition) is 0. The molecule has 0 aliphatic carbocycles. The van der Waals surface area contributed by atoms with Crippen molar-refractivity contribution in [3.8, 4) is 10.6 Å². The minimum atomic E-state index is 0.436. The molecule has 3 heterocycles. The maximum atomic E-state index is 4.70. The van der Waals surface area contributed by atoms with Gasteiger partial charge in [-0.05, 0) is 44.7 Å². The van der Waals surface area contributed by atoms with Crippen molar-refractivity contribution < 1.29 is 0 Å². The van der Waals surface area contributed by atoms with Crippen LogP contribution in [0.5, 0.6) is 0 Å². The Morgan fingerprint density at radius 3 is 2.52 bits per heavy atom. The van der Waals surface area contributed by atoms with Crippen molar-refractivity contribution in [3.63, 3.8) is 0 Å². The molecule has 3 nitrogen and oxygen atoms in total. The lowest BCUT2D eigenvalue weighted by atomic mass is 9.76. The van der Waals surface area contributed by atoms with Crippen LogP contribution in [0.15, 0.2) is 54.6 Å². The van der Waals surface area contributed by atoms with Crippen molar-refractivity contribution in [2.75, 3.05) is 7.05 Å². The highest BCUT2D eigenvalue weighted by Gasteiger charge is 2.47. The molecule has 0 unspecified atom stereocenters. The maximum absolute atomic E-state index is 4.70. The second-order valence-corrected chi connectivity index (χ2v) is 9.06. The Bertz CT molecular complexity index is 918. The molecule has 2 aliphatic rings. The second kappa shape index (κ2) is 6.84. The van der Waals surface area contributed by atoms with E-state index in [1.54, 1.807) is 11.3 Å². The molecule has 1 aromatic heterocycles. The van der Waals surface area contributed by atoms with Gasteiger partial charge in [0.1, 0.15) is 10.0 Å². The van der Waals surface area contributed by atoms with Crippen molar-refractivity contribution in [3.05, 3.63) is 70.7 Å². The van der Waals surface area contributed by atoms with Gasteiger partial charge in [-0.25, -0.2) is 0 Å². The van der Waals surface area contributed by atoms with Crippen molar-refractivity contribution >= 4 is 11.3 Å². The van der Waals surface area contributed by atoms with Crippen LogP contribution in [0.25, 0.3) is 10.6 Å². The van der Waals surface area contributed by atoms with E-state index in [4.69, 9.17) is 5.10 Å². The summed E-state index contributed by atoms with van der Waals surface area (Å²) in [6, 6.07) is 20.9. The van der Waals surface area contributed by atoms with E-state index < -0.39 is 0 Å². The van der Waals surface area contributed by atoms with E-state index in [0.717, 1.165) is 5.01 Å². The Kier molecular flexibility index (Phi) is 4.33. The molecule has 138 valence electrons. The van der Waals surface area contributed by atoms with Crippen molar-refractivity contribution in [1.29, 1.82) is 0 Å². The predicted molar refractivity (Wildman–Crippen MR) is 111 cm³/mol. The maximum Gasteiger partial charge on any atom is 0.147 e. The van der Waals surface area contributed by atoms with Crippen LogP contribution in [-0.4, -0.2) is 34.2 Å². The molecule has 2 bridgehead atoms. The normalized spacial score (nSPS) is 27.8. The van der Waals surface area contributed by atoms with Gasteiger partial charge in [-0.15, -0.1) is 10.2 Å². The number of fused-ring (bicyclic) bond motifs is 2. The second-order valence-electron chi connectivity index (χ2n) is 8.05. The van der Waals surface area contributed by atoms with Gasteiger partial charge in [0.2, 0.25) is 0 Å². The number of nitrogens with zero attached hydrogens (tertiary/aromatic N) is 3. The molecule has 2 aromatic carbocycles. The van der Waals surface area contributed by atoms with Crippen LogP contribution in [0.2, 0.25) is 0 Å². The summed E-state index contributed by atoms with van der Waals surface area (Å²) in [5.74, 6) is 0.974. The molecule has 3 aromatic rings. The summed E-state index contributed by atoms with van der Waals surface area (Å²) in [5.41, 5.74) is 3.96. The van der Waals surface area contributed by atoms with E-state index in [0.29, 0.717) is 23.9 Å². The highest BCUT2D eigenvalue weighted by atomic mass is 32.1. The Balaban J connectivity index is 1.54. The molecule has 0 radical (unpaired) electrons. The summed E-state index contributed by atoms with van der Waals surface area (Å²) >= 11 is 1.78. The number of aryl methyl sites for hydroxylation is 1. The molecule has 0 spiro atoms. The molecular weight excluding hydrogens is 350 g/mol. The van der Waals surface area contributed by atoms with Gasteiger partial charge in [0.05, 0.1) is 0 Å². The standard InChI is InChI=1S/C23H25N3S/c1-15-8-10-16(11-9-15)19-14-18-12-13-20(26(18)2)21(19)23-25-24-22(27-23)17-6-4-3-5-7-17/h3-11,18-21H,12-14H2,1-2H3/t18-,19+,20+,21-/m0/s1. The van der Waals surface area contributed by atoms with Gasteiger partial charge in [0, 0.05) is 23.6 Å². The van der Waals surface area contributed by atoms with Gasteiger partial charge in [-0.2, -0.15) is 0 Å². The van der Waals surface area contributed by atoms with Crippen molar-refractivity contribution in [1.82, 2.24) is 15.1 Å². The van der Waals surface area contributed by atoms with E-state index >= 15 is 0 Å². The molecule has 27 heavy (non-hydrogen) atoms. The zero-order valence-electron chi connectivity index (χ0n) is 15.9. The first-order chi connectivity index (χ1) is 13.2. The van der Waals surface area contributed by atoms with Crippen LogP contribution in [0.4, 0.5) is 0 Å². The quantitative estimate of drug-likeness (QED) is 0.626. The fourth-order valence-corrected chi connectivity index (χ4v) is 6.10. The highest BCUT2D eigenvalue weighted by molar-refractivity contribution is 7.14. The van der Waals surface area contributed by atoms with E-state index in [1.165, 1.54) is 41.0 Å². The number of piperidine rings is 1. The molecule has 0 N–H and O–H groups in total. The van der Waals surface area contributed by atoms with Crippen molar-refractivity contribution in [2.45, 2.75) is 50.1 Å². The third kappa shape index (κ3) is 3.01.